The molecule has 18 heavy (non-hydrogen) atoms. The maximum atomic E-state index is 11.8. The van der Waals surface area contributed by atoms with Crippen molar-refractivity contribution in [2.24, 2.45) is 5.29 Å². The van der Waals surface area contributed by atoms with Crippen molar-refractivity contribution in [2.75, 3.05) is 13.7 Å². The normalized spacial score (nSPS) is 14.2. The summed E-state index contributed by atoms with van der Waals surface area (Å²) in [5.74, 6) is 0.436. The number of nitroso groups, excluding NO2 is 1. The largest absolute Gasteiger partial charge is 0.497 e. The quantitative estimate of drug-likeness (QED) is 0.814. The zero-order chi connectivity index (χ0) is 12.7. The van der Waals surface area contributed by atoms with Crippen molar-refractivity contribution in [3.8, 4) is 5.75 Å². The fourth-order valence-electron chi connectivity index (χ4n) is 2.40. The van der Waals surface area contributed by atoms with E-state index in [1.807, 2.05) is 6.07 Å². The summed E-state index contributed by atoms with van der Waals surface area (Å²) >= 11 is 0. The van der Waals surface area contributed by atoms with Crippen LogP contribution in [0.5, 0.6) is 5.75 Å². The third kappa shape index (κ3) is 1.32. The number of carbonyl (C=O) groups is 1. The Hall–Kier alpha value is -2.37. The van der Waals surface area contributed by atoms with Crippen molar-refractivity contribution in [1.29, 1.82) is 0 Å². The van der Waals surface area contributed by atoms with E-state index in [2.05, 4.69) is 10.6 Å². The van der Waals surface area contributed by atoms with Gasteiger partial charge >= 0.3 is 0 Å². The summed E-state index contributed by atoms with van der Waals surface area (Å²) in [6.45, 7) is 0.570. The summed E-state index contributed by atoms with van der Waals surface area (Å²) < 4.78 is 6.32. The van der Waals surface area contributed by atoms with Crippen LogP contribution in [0, 0.1) is 4.91 Å². The van der Waals surface area contributed by atoms with Gasteiger partial charge in [-0.25, -0.2) is 0 Å². The third-order valence-electron chi connectivity index (χ3n) is 3.21. The second kappa shape index (κ2) is 3.83. The Balaban J connectivity index is 2.40. The highest BCUT2D eigenvalue weighted by Gasteiger charge is 2.26. The fourth-order valence-corrected chi connectivity index (χ4v) is 2.40. The van der Waals surface area contributed by atoms with Gasteiger partial charge in [-0.15, -0.1) is 4.91 Å². The molecule has 6 nitrogen and oxygen atoms in total. The molecule has 2 heterocycles. The monoisotopic (exact) mass is 245 g/mol. The maximum Gasteiger partial charge on any atom is 0.270 e. The second-order valence-corrected chi connectivity index (χ2v) is 4.11. The predicted octanol–water partition coefficient (Wildman–Crippen LogP) is 1.47. The highest BCUT2D eigenvalue weighted by atomic mass is 16.5. The van der Waals surface area contributed by atoms with Crippen LogP contribution in [0.1, 0.15) is 16.1 Å². The highest BCUT2D eigenvalue weighted by Crippen LogP contribution is 2.31. The van der Waals surface area contributed by atoms with Crippen molar-refractivity contribution >= 4 is 16.8 Å². The van der Waals surface area contributed by atoms with E-state index < -0.39 is 0 Å². The maximum absolute atomic E-state index is 11.8. The van der Waals surface area contributed by atoms with Gasteiger partial charge in [0, 0.05) is 11.9 Å². The van der Waals surface area contributed by atoms with Crippen LogP contribution in [0.15, 0.2) is 23.5 Å². The molecule has 1 amide bonds. The van der Waals surface area contributed by atoms with Crippen LogP contribution in [-0.2, 0) is 6.42 Å². The average Bonchev–Trinajstić information content (AvgIpc) is 2.73. The van der Waals surface area contributed by atoms with Gasteiger partial charge in [0.15, 0.2) is 0 Å². The topological polar surface area (TPSA) is 72.7 Å². The van der Waals surface area contributed by atoms with Gasteiger partial charge in [-0.05, 0) is 30.2 Å². The van der Waals surface area contributed by atoms with Crippen molar-refractivity contribution in [1.82, 2.24) is 9.99 Å². The standard InChI is InChI=1S/C12H11N3O3/c1-18-7-2-3-10-9(6-7)8-4-5-13-12(16)11(8)15(10)14-17/h2-3,6H,4-5H2,1H3,(H,13,16). The molecule has 0 aliphatic carbocycles. The van der Waals surface area contributed by atoms with Crippen LogP contribution in [0.4, 0.5) is 0 Å². The second-order valence-electron chi connectivity index (χ2n) is 4.11. The molecular weight excluding hydrogens is 234 g/mol. The number of nitrogens with one attached hydrogen (secondary N) is 1. The van der Waals surface area contributed by atoms with Crippen molar-refractivity contribution in [2.45, 2.75) is 6.42 Å². The molecule has 3 rings (SSSR count). The van der Waals surface area contributed by atoms with E-state index >= 15 is 0 Å². The van der Waals surface area contributed by atoms with Gasteiger partial charge in [-0.2, -0.15) is 4.68 Å². The minimum absolute atomic E-state index is 0.258. The number of amides is 1. The molecule has 0 saturated carbocycles. The summed E-state index contributed by atoms with van der Waals surface area (Å²) in [5.41, 5.74) is 1.82. The van der Waals surface area contributed by atoms with E-state index in [1.54, 1.807) is 19.2 Å². The molecule has 0 atom stereocenters. The Labute approximate surface area is 102 Å². The summed E-state index contributed by atoms with van der Waals surface area (Å²) in [6, 6.07) is 5.31. The molecule has 0 unspecified atom stereocenters. The summed E-state index contributed by atoms with van der Waals surface area (Å²) in [7, 11) is 1.58. The molecule has 0 fully saturated rings. The average molecular weight is 245 g/mol. The Bertz CT molecular complexity index is 660. The van der Waals surface area contributed by atoms with Crippen molar-refractivity contribution < 1.29 is 9.53 Å². The number of methoxy groups -OCH3 is 1. The van der Waals surface area contributed by atoms with Gasteiger partial charge in [0.25, 0.3) is 5.91 Å². The van der Waals surface area contributed by atoms with Crippen LogP contribution in [0.25, 0.3) is 10.9 Å². The molecule has 0 radical (unpaired) electrons. The Morgan fingerprint density at radius 1 is 1.44 bits per heavy atom. The molecule has 1 aromatic heterocycles. The first-order valence-electron chi connectivity index (χ1n) is 5.59. The number of aromatic nitrogens is 1. The van der Waals surface area contributed by atoms with Gasteiger partial charge < -0.3 is 10.1 Å². The number of fused-ring (bicyclic) bond motifs is 3. The number of nitrogens with zero attached hydrogens (tertiary/aromatic N) is 2. The van der Waals surface area contributed by atoms with Gasteiger partial charge in [0.1, 0.15) is 11.4 Å². The lowest BCUT2D eigenvalue weighted by Crippen LogP contribution is -2.32. The fraction of sp³-hybridized carbons (Fsp3) is 0.250. The van der Waals surface area contributed by atoms with Gasteiger partial charge in [-0.3, -0.25) is 4.79 Å². The number of ether oxygens (including phenoxy) is 1. The van der Waals surface area contributed by atoms with E-state index in [9.17, 15) is 9.70 Å². The van der Waals surface area contributed by atoms with E-state index in [-0.39, 0.29) is 5.91 Å². The number of rotatable bonds is 2. The predicted molar refractivity (Wildman–Crippen MR) is 65.7 cm³/mol. The van der Waals surface area contributed by atoms with Gasteiger partial charge in [0.05, 0.1) is 17.9 Å². The highest BCUT2D eigenvalue weighted by molar-refractivity contribution is 6.03. The van der Waals surface area contributed by atoms with Crippen molar-refractivity contribution in [3.63, 3.8) is 0 Å². The molecule has 0 spiro atoms. The molecule has 2 aromatic rings. The molecule has 1 N–H and O–H groups in total. The SMILES string of the molecule is COc1ccc2c(c1)c1c(n2N=O)C(=O)NCC1. The van der Waals surface area contributed by atoms with Gasteiger partial charge in [0.2, 0.25) is 0 Å². The zero-order valence-electron chi connectivity index (χ0n) is 9.77. The summed E-state index contributed by atoms with van der Waals surface area (Å²) in [5, 5.41) is 6.50. The Morgan fingerprint density at radius 2 is 2.28 bits per heavy atom. The molecule has 0 bridgehead atoms. The summed E-state index contributed by atoms with van der Waals surface area (Å²) in [6.07, 6.45) is 0.688. The molecular formula is C12H11N3O3. The first-order chi connectivity index (χ1) is 8.76. The minimum Gasteiger partial charge on any atom is -0.497 e. The summed E-state index contributed by atoms with van der Waals surface area (Å²) in [4.78, 5) is 22.8. The smallest absolute Gasteiger partial charge is 0.270 e. The molecule has 1 aromatic carbocycles. The lowest BCUT2D eigenvalue weighted by Gasteiger charge is -2.12. The van der Waals surface area contributed by atoms with Gasteiger partial charge in [-0.1, -0.05) is 0 Å². The zero-order valence-corrected chi connectivity index (χ0v) is 9.77. The Morgan fingerprint density at radius 3 is 3.00 bits per heavy atom. The lowest BCUT2D eigenvalue weighted by molar-refractivity contribution is 0.0937. The van der Waals surface area contributed by atoms with E-state index in [0.717, 1.165) is 15.6 Å². The molecule has 6 heteroatoms. The lowest BCUT2D eigenvalue weighted by atomic mass is 10.0. The van der Waals surface area contributed by atoms with E-state index in [4.69, 9.17) is 4.74 Å². The number of hydrogen-bond donors (Lipinski definition) is 1. The van der Waals surface area contributed by atoms with Crippen LogP contribution in [0.2, 0.25) is 0 Å². The van der Waals surface area contributed by atoms with Crippen LogP contribution in [-0.4, -0.2) is 24.2 Å². The van der Waals surface area contributed by atoms with Crippen LogP contribution in [0.3, 0.4) is 0 Å². The van der Waals surface area contributed by atoms with Crippen molar-refractivity contribution in [3.05, 3.63) is 34.4 Å². The number of hydrogen-bond acceptors (Lipinski definition) is 4. The molecule has 1 aliphatic rings. The number of carbonyl (C=O) groups excluding carboxylic acids is 1. The van der Waals surface area contributed by atoms with Crippen LogP contribution < -0.4 is 10.1 Å². The number of benzene rings is 1. The molecule has 0 saturated heterocycles. The third-order valence-corrected chi connectivity index (χ3v) is 3.21. The minimum atomic E-state index is -0.258. The van der Waals surface area contributed by atoms with E-state index in [1.165, 1.54) is 0 Å². The molecule has 92 valence electrons. The Kier molecular flexibility index (Phi) is 2.29. The molecule has 1 aliphatic heterocycles. The van der Waals surface area contributed by atoms with Crippen LogP contribution >= 0.6 is 0 Å². The van der Waals surface area contributed by atoms with E-state index in [0.29, 0.717) is 29.9 Å². The first kappa shape index (κ1) is 10.8. The first-order valence-corrected chi connectivity index (χ1v) is 5.59.